The highest BCUT2D eigenvalue weighted by Crippen LogP contribution is 2.26. The molecule has 0 spiro atoms. The Morgan fingerprint density at radius 3 is 2.71 bits per heavy atom. The minimum Gasteiger partial charge on any atom is -0.235 e. The third-order valence-electron chi connectivity index (χ3n) is 2.70. The maximum atomic E-state index is 3.43. The predicted molar refractivity (Wildman–Crippen MR) is 72.8 cm³/mol. The molecule has 0 aliphatic carbocycles. The van der Waals surface area contributed by atoms with E-state index < -0.39 is 0 Å². The van der Waals surface area contributed by atoms with Gasteiger partial charge in [-0.2, -0.15) is 0 Å². The zero-order valence-corrected chi connectivity index (χ0v) is 10.3. The van der Waals surface area contributed by atoms with Gasteiger partial charge in [0.2, 0.25) is 0 Å². The first-order chi connectivity index (χ1) is 8.33. The number of H-pyrrole nitrogens is 1. The summed E-state index contributed by atoms with van der Waals surface area (Å²) in [7, 11) is 0. The topological polar surface area (TPSA) is 26.2 Å². The van der Waals surface area contributed by atoms with E-state index in [0.717, 1.165) is 10.8 Å². The molecule has 3 heteroatoms. The fourth-order valence-corrected chi connectivity index (χ4v) is 2.65. The van der Waals surface area contributed by atoms with Gasteiger partial charge in [0.1, 0.15) is 11.4 Å². The molecule has 0 amide bonds. The first-order valence-electron chi connectivity index (χ1n) is 5.55. The second kappa shape index (κ2) is 4.18. The van der Waals surface area contributed by atoms with Crippen LogP contribution in [0.3, 0.4) is 0 Å². The molecular formula is C14H13N2S+. The number of aromatic amines is 1. The van der Waals surface area contributed by atoms with Crippen molar-refractivity contribution in [1.82, 2.24) is 0 Å². The Morgan fingerprint density at radius 2 is 1.88 bits per heavy atom. The lowest BCUT2D eigenvalue weighted by Crippen LogP contribution is -2.07. The smallest absolute Gasteiger partial charge is 0.235 e. The minimum absolute atomic E-state index is 1.07. The number of nitrogens with one attached hydrogen (secondary N) is 2. The van der Waals surface area contributed by atoms with Gasteiger partial charge in [-0.15, -0.1) is 0 Å². The molecule has 0 aliphatic rings. The summed E-state index contributed by atoms with van der Waals surface area (Å²) in [4.78, 5) is 3.30. The van der Waals surface area contributed by atoms with E-state index in [2.05, 4.69) is 65.1 Å². The van der Waals surface area contributed by atoms with Gasteiger partial charge in [0.05, 0.1) is 0 Å². The molecule has 0 aliphatic heterocycles. The average molecular weight is 241 g/mol. The second-order valence-corrected chi connectivity index (χ2v) is 4.90. The highest BCUT2D eigenvalue weighted by atomic mass is 32.1. The van der Waals surface area contributed by atoms with Crippen LogP contribution in [0.1, 0.15) is 5.69 Å². The minimum atomic E-state index is 1.07. The van der Waals surface area contributed by atoms with Crippen molar-refractivity contribution in [3.63, 3.8) is 0 Å². The van der Waals surface area contributed by atoms with Crippen LogP contribution in [-0.2, 0) is 0 Å². The maximum Gasteiger partial charge on any atom is 0.336 e. The summed E-state index contributed by atoms with van der Waals surface area (Å²) in [6.07, 6.45) is 0. The Kier molecular flexibility index (Phi) is 2.53. The van der Waals surface area contributed by atoms with Crippen molar-refractivity contribution < 1.29 is 4.98 Å². The number of hydrogen-bond donors (Lipinski definition) is 1. The summed E-state index contributed by atoms with van der Waals surface area (Å²) < 4.78 is 0. The summed E-state index contributed by atoms with van der Waals surface area (Å²) in [6, 6.07) is 14.7. The van der Waals surface area contributed by atoms with Crippen molar-refractivity contribution in [2.24, 2.45) is 0 Å². The Hall–Kier alpha value is -1.87. The first-order valence-corrected chi connectivity index (χ1v) is 6.43. The number of thiazole rings is 1. The van der Waals surface area contributed by atoms with E-state index in [0.29, 0.717) is 0 Å². The average Bonchev–Trinajstić information content (AvgIpc) is 2.75. The van der Waals surface area contributed by atoms with Crippen LogP contribution in [0.5, 0.6) is 0 Å². The van der Waals surface area contributed by atoms with Crippen LogP contribution in [0.25, 0.3) is 10.8 Å². The molecule has 84 valence electrons. The molecule has 0 fully saturated rings. The van der Waals surface area contributed by atoms with E-state index in [1.54, 1.807) is 11.3 Å². The molecule has 0 atom stereocenters. The van der Waals surface area contributed by atoms with Gasteiger partial charge in [-0.25, -0.2) is 10.3 Å². The lowest BCUT2D eigenvalue weighted by molar-refractivity contribution is -0.363. The molecular weight excluding hydrogens is 228 g/mol. The molecule has 0 saturated heterocycles. The summed E-state index contributed by atoms with van der Waals surface area (Å²) in [5.74, 6) is 0. The van der Waals surface area contributed by atoms with Crippen molar-refractivity contribution in [3.05, 3.63) is 53.5 Å². The van der Waals surface area contributed by atoms with Crippen LogP contribution in [0.15, 0.2) is 47.8 Å². The number of anilines is 2. The number of benzene rings is 2. The van der Waals surface area contributed by atoms with E-state index in [1.807, 2.05) is 0 Å². The molecule has 1 aromatic heterocycles. The van der Waals surface area contributed by atoms with Crippen molar-refractivity contribution in [3.8, 4) is 0 Å². The Bertz CT molecular complexity index is 653. The van der Waals surface area contributed by atoms with Gasteiger partial charge < -0.3 is 0 Å². The number of aryl methyl sites for hydroxylation is 1. The lowest BCUT2D eigenvalue weighted by atomic mass is 10.1. The number of aromatic nitrogens is 1. The molecule has 1 heterocycles. The highest BCUT2D eigenvalue weighted by molar-refractivity contribution is 7.13. The molecule has 2 N–H and O–H groups in total. The van der Waals surface area contributed by atoms with Crippen LogP contribution < -0.4 is 10.3 Å². The van der Waals surface area contributed by atoms with E-state index in [4.69, 9.17) is 0 Å². The quantitative estimate of drug-likeness (QED) is 0.726. The Labute approximate surface area is 104 Å². The highest BCUT2D eigenvalue weighted by Gasteiger charge is 2.08. The summed E-state index contributed by atoms with van der Waals surface area (Å²) in [5, 5.41) is 9.10. The predicted octanol–water partition coefficient (Wildman–Crippen LogP) is 3.77. The molecule has 2 nitrogen and oxygen atoms in total. The molecule has 3 aromatic rings. The van der Waals surface area contributed by atoms with Crippen LogP contribution in [0.2, 0.25) is 0 Å². The van der Waals surface area contributed by atoms with Gasteiger partial charge in [0, 0.05) is 10.8 Å². The lowest BCUT2D eigenvalue weighted by Gasteiger charge is -2.01. The van der Waals surface area contributed by atoms with Crippen LogP contribution in [-0.4, -0.2) is 0 Å². The monoisotopic (exact) mass is 241 g/mol. The standard InChI is InChI=1S/C14H12N2S/c1-10-9-17-14(15-10)16-13-8-4-6-11-5-2-3-7-12(11)13/h2-9H,1H3,(H,15,16)/p+1. The molecule has 0 bridgehead atoms. The van der Waals surface area contributed by atoms with Crippen molar-refractivity contribution in [2.75, 3.05) is 5.32 Å². The zero-order chi connectivity index (χ0) is 11.7. The Morgan fingerprint density at radius 1 is 1.06 bits per heavy atom. The van der Waals surface area contributed by atoms with E-state index >= 15 is 0 Å². The third kappa shape index (κ3) is 2.01. The summed E-state index contributed by atoms with van der Waals surface area (Å²) in [6.45, 7) is 2.06. The van der Waals surface area contributed by atoms with E-state index in [1.165, 1.54) is 16.5 Å². The fraction of sp³-hybridized carbons (Fsp3) is 0.0714. The van der Waals surface area contributed by atoms with Gasteiger partial charge in [0.15, 0.2) is 0 Å². The number of hydrogen-bond acceptors (Lipinski definition) is 2. The SMILES string of the molecule is Cc1csc(Nc2cccc3ccccc23)[nH+]1. The largest absolute Gasteiger partial charge is 0.336 e. The Balaban J connectivity index is 2.05. The normalized spacial score (nSPS) is 10.6. The van der Waals surface area contributed by atoms with E-state index in [-0.39, 0.29) is 0 Å². The number of fused-ring (bicyclic) bond motifs is 1. The van der Waals surface area contributed by atoms with Crippen molar-refractivity contribution >= 4 is 32.9 Å². The molecule has 17 heavy (non-hydrogen) atoms. The summed E-state index contributed by atoms with van der Waals surface area (Å²) in [5.41, 5.74) is 2.32. The van der Waals surface area contributed by atoms with E-state index in [9.17, 15) is 0 Å². The fourth-order valence-electron chi connectivity index (χ4n) is 1.90. The van der Waals surface area contributed by atoms with Gasteiger partial charge in [-0.1, -0.05) is 47.7 Å². The van der Waals surface area contributed by atoms with Gasteiger partial charge in [-0.05, 0) is 18.4 Å². The van der Waals surface area contributed by atoms with Crippen LogP contribution in [0, 0.1) is 6.92 Å². The van der Waals surface area contributed by atoms with Gasteiger partial charge >= 0.3 is 5.13 Å². The molecule has 3 rings (SSSR count). The second-order valence-electron chi connectivity index (χ2n) is 4.02. The summed E-state index contributed by atoms with van der Waals surface area (Å²) >= 11 is 1.69. The van der Waals surface area contributed by atoms with Crippen molar-refractivity contribution in [2.45, 2.75) is 6.92 Å². The first kappa shape index (κ1) is 10.3. The van der Waals surface area contributed by atoms with Crippen LogP contribution >= 0.6 is 11.3 Å². The van der Waals surface area contributed by atoms with Gasteiger partial charge in [-0.3, -0.25) is 0 Å². The van der Waals surface area contributed by atoms with Crippen molar-refractivity contribution in [1.29, 1.82) is 0 Å². The van der Waals surface area contributed by atoms with Crippen LogP contribution in [0.4, 0.5) is 10.8 Å². The van der Waals surface area contributed by atoms with Gasteiger partial charge in [0.25, 0.3) is 0 Å². The third-order valence-corrected chi connectivity index (χ3v) is 3.61. The number of rotatable bonds is 2. The zero-order valence-electron chi connectivity index (χ0n) is 9.53. The molecule has 0 unspecified atom stereocenters. The maximum absolute atomic E-state index is 3.43. The molecule has 0 radical (unpaired) electrons. The molecule has 2 aromatic carbocycles. The molecule has 0 saturated carbocycles.